The molecular formula is C21H17Cl2Zr. The fourth-order valence-corrected chi connectivity index (χ4v) is 3.20. The Bertz CT molecular complexity index is 936. The van der Waals surface area contributed by atoms with Crippen molar-refractivity contribution < 1.29 is 51.0 Å². The maximum absolute atomic E-state index is 2.34. The molecule has 0 fully saturated rings. The molecule has 0 spiro atoms. The number of fused-ring (bicyclic) bond motifs is 2. The molecule has 0 nitrogen and oxygen atoms in total. The van der Waals surface area contributed by atoms with Gasteiger partial charge in [0.1, 0.15) is 0 Å². The Labute approximate surface area is 174 Å². The van der Waals surface area contributed by atoms with Gasteiger partial charge in [0.05, 0.1) is 0 Å². The number of rotatable bonds is 2. The zero-order valence-electron chi connectivity index (χ0n) is 13.4. The average molecular weight is 431 g/mol. The predicted octanol–water partition coefficient (Wildman–Crippen LogP) is -0.0532. The fraction of sp³-hybridized carbons (Fsp3) is 0.0952. The summed E-state index contributed by atoms with van der Waals surface area (Å²) in [6.07, 6.45) is 1.09. The zero-order valence-corrected chi connectivity index (χ0v) is 17.4. The first-order chi connectivity index (χ1) is 10.4. The summed E-state index contributed by atoms with van der Waals surface area (Å²) >= 11 is 0. The second kappa shape index (κ2) is 8.90. The van der Waals surface area contributed by atoms with E-state index in [0.717, 1.165) is 6.42 Å². The van der Waals surface area contributed by atoms with Crippen LogP contribution in [0.25, 0.3) is 32.7 Å². The molecule has 24 heavy (non-hydrogen) atoms. The van der Waals surface area contributed by atoms with Crippen molar-refractivity contribution in [2.24, 2.45) is 0 Å². The van der Waals surface area contributed by atoms with E-state index in [-0.39, 0.29) is 51.0 Å². The molecular weight excluding hydrogens is 414 g/mol. The largest absolute Gasteiger partial charge is 3.00 e. The molecule has 4 aromatic carbocycles. The Hall–Kier alpha value is -1.01. The number of hydrogen-bond acceptors (Lipinski definition) is 0. The third-order valence-corrected chi connectivity index (χ3v) is 4.30. The molecule has 4 aromatic rings. The first-order valence-corrected chi connectivity index (χ1v) is 7.53. The van der Waals surface area contributed by atoms with Gasteiger partial charge in [0, 0.05) is 0 Å². The number of halogens is 2. The van der Waals surface area contributed by atoms with Crippen LogP contribution in [0.4, 0.5) is 0 Å². The molecule has 4 rings (SSSR count). The van der Waals surface area contributed by atoms with Crippen molar-refractivity contribution in [3.63, 3.8) is 0 Å². The molecule has 0 saturated carbocycles. The van der Waals surface area contributed by atoms with Crippen molar-refractivity contribution in [1.29, 1.82) is 0 Å². The molecule has 0 aromatic heterocycles. The summed E-state index contributed by atoms with van der Waals surface area (Å²) in [7, 11) is 0. The van der Waals surface area contributed by atoms with Crippen molar-refractivity contribution >= 4 is 21.5 Å². The van der Waals surface area contributed by atoms with Gasteiger partial charge in [-0.3, -0.25) is 0 Å². The topological polar surface area (TPSA) is 0 Å². The molecule has 0 bridgehead atoms. The molecule has 0 saturated heterocycles. The standard InChI is InChI=1S/C21H17.2ClH.Zr/c1-2-15-13-17-9-6-12-20(21(17)14-15)19-11-5-8-16-7-3-4-10-18(16)19;;;/h3-14H,2H2,1H3;2*1H;/q-1;;;+3/p-2. The normalized spacial score (nSPS) is 9.88. The van der Waals surface area contributed by atoms with Crippen LogP contribution in [0.1, 0.15) is 12.5 Å². The molecule has 0 aliphatic rings. The fourth-order valence-electron chi connectivity index (χ4n) is 3.20. The van der Waals surface area contributed by atoms with Crippen LogP contribution < -0.4 is 24.8 Å². The van der Waals surface area contributed by atoms with Gasteiger partial charge in [0.2, 0.25) is 0 Å². The van der Waals surface area contributed by atoms with Crippen LogP contribution in [0.5, 0.6) is 0 Å². The minimum atomic E-state index is 0. The van der Waals surface area contributed by atoms with Crippen LogP contribution in [0, 0.1) is 0 Å². The maximum atomic E-state index is 2.34. The van der Waals surface area contributed by atoms with Crippen LogP contribution >= 0.6 is 0 Å². The quantitative estimate of drug-likeness (QED) is 0.391. The molecule has 0 aliphatic heterocycles. The second-order valence-corrected chi connectivity index (χ2v) is 5.55. The van der Waals surface area contributed by atoms with E-state index < -0.39 is 0 Å². The molecule has 0 amide bonds. The third-order valence-electron chi connectivity index (χ3n) is 4.30. The van der Waals surface area contributed by atoms with E-state index in [9.17, 15) is 0 Å². The van der Waals surface area contributed by atoms with E-state index >= 15 is 0 Å². The molecule has 0 atom stereocenters. The summed E-state index contributed by atoms with van der Waals surface area (Å²) < 4.78 is 0. The third kappa shape index (κ3) is 3.64. The number of benzene rings is 3. The van der Waals surface area contributed by atoms with E-state index in [2.05, 4.69) is 79.7 Å². The molecule has 119 valence electrons. The van der Waals surface area contributed by atoms with E-state index in [1.165, 1.54) is 38.2 Å². The number of aryl methyl sites for hydroxylation is 1. The Morgan fingerprint density at radius 2 is 1.38 bits per heavy atom. The summed E-state index contributed by atoms with van der Waals surface area (Å²) in [4.78, 5) is 0. The summed E-state index contributed by atoms with van der Waals surface area (Å²) in [5, 5.41) is 5.34. The van der Waals surface area contributed by atoms with Crippen LogP contribution in [0.2, 0.25) is 0 Å². The molecule has 0 heterocycles. The second-order valence-electron chi connectivity index (χ2n) is 5.55. The van der Waals surface area contributed by atoms with E-state index in [0.29, 0.717) is 0 Å². The Morgan fingerprint density at radius 1 is 0.750 bits per heavy atom. The predicted molar refractivity (Wildman–Crippen MR) is 91.9 cm³/mol. The van der Waals surface area contributed by atoms with Gasteiger partial charge in [0.15, 0.2) is 0 Å². The van der Waals surface area contributed by atoms with Crippen molar-refractivity contribution in [1.82, 2.24) is 0 Å². The average Bonchev–Trinajstić information content (AvgIpc) is 2.97. The van der Waals surface area contributed by atoms with Gasteiger partial charge in [-0.25, -0.2) is 0 Å². The van der Waals surface area contributed by atoms with Crippen molar-refractivity contribution in [3.05, 3.63) is 78.4 Å². The van der Waals surface area contributed by atoms with Gasteiger partial charge in [0.25, 0.3) is 0 Å². The summed E-state index contributed by atoms with van der Waals surface area (Å²) in [5.41, 5.74) is 4.08. The van der Waals surface area contributed by atoms with Gasteiger partial charge in [-0.2, -0.15) is 6.07 Å². The molecule has 3 heteroatoms. The van der Waals surface area contributed by atoms with Crippen LogP contribution in [0.15, 0.2) is 72.8 Å². The SMILES string of the molecule is CCc1cc2c(-c3cccc4ccccc34)cccc2[cH-]1.[Cl-].[Cl-].[Zr+3]. The summed E-state index contributed by atoms with van der Waals surface area (Å²) in [6, 6.07) is 26.5. The molecule has 0 aliphatic carbocycles. The first kappa shape index (κ1) is 21.0. The van der Waals surface area contributed by atoms with E-state index in [4.69, 9.17) is 0 Å². The Morgan fingerprint density at radius 3 is 2.12 bits per heavy atom. The van der Waals surface area contributed by atoms with Crippen molar-refractivity contribution in [3.8, 4) is 11.1 Å². The van der Waals surface area contributed by atoms with Crippen molar-refractivity contribution in [2.45, 2.75) is 13.3 Å². The summed E-state index contributed by atoms with van der Waals surface area (Å²) in [6.45, 7) is 2.21. The minimum absolute atomic E-state index is 0. The van der Waals surface area contributed by atoms with E-state index in [1.54, 1.807) is 0 Å². The minimum Gasteiger partial charge on any atom is -1.00 e. The van der Waals surface area contributed by atoms with Gasteiger partial charge in [-0.1, -0.05) is 61.0 Å². The Balaban J connectivity index is 0.000000960. The van der Waals surface area contributed by atoms with Crippen LogP contribution in [-0.4, -0.2) is 0 Å². The van der Waals surface area contributed by atoms with Crippen molar-refractivity contribution in [2.75, 3.05) is 0 Å². The molecule has 0 N–H and O–H groups in total. The molecule has 1 radical (unpaired) electrons. The Kier molecular flexibility index (Phi) is 7.80. The van der Waals surface area contributed by atoms with E-state index in [1.807, 2.05) is 0 Å². The monoisotopic (exact) mass is 429 g/mol. The summed E-state index contributed by atoms with van der Waals surface area (Å²) in [5.74, 6) is 0. The van der Waals surface area contributed by atoms with Gasteiger partial charge < -0.3 is 24.8 Å². The molecule has 0 unspecified atom stereocenters. The maximum Gasteiger partial charge on any atom is 3.00 e. The zero-order chi connectivity index (χ0) is 14.2. The number of hydrogen-bond donors (Lipinski definition) is 0. The van der Waals surface area contributed by atoms with Gasteiger partial charge in [-0.15, -0.1) is 34.5 Å². The first-order valence-electron chi connectivity index (χ1n) is 7.53. The van der Waals surface area contributed by atoms with Crippen LogP contribution in [-0.2, 0) is 32.6 Å². The van der Waals surface area contributed by atoms with Gasteiger partial charge in [-0.05, 0) is 22.8 Å². The van der Waals surface area contributed by atoms with Crippen LogP contribution in [0.3, 0.4) is 0 Å². The smallest absolute Gasteiger partial charge is 1.00 e. The van der Waals surface area contributed by atoms with Gasteiger partial charge >= 0.3 is 26.2 Å².